The van der Waals surface area contributed by atoms with Crippen LogP contribution >= 0.6 is 0 Å². The van der Waals surface area contributed by atoms with Crippen molar-refractivity contribution in [3.05, 3.63) is 287 Å². The molecule has 9 aromatic carbocycles. The highest BCUT2D eigenvalue weighted by atomic mass is 15.1. The smallest absolute Gasteiger partial charge is 0.0462 e. The van der Waals surface area contributed by atoms with Gasteiger partial charge in [0.25, 0.3) is 0 Å². The second-order valence-electron chi connectivity index (χ2n) is 19.0. The molecule has 0 aliphatic rings. The molecule has 0 spiro atoms. The Morgan fingerprint density at radius 3 is 0.645 bits per heavy atom. The van der Waals surface area contributed by atoms with Crippen molar-refractivity contribution in [3.63, 3.8) is 0 Å². The predicted molar refractivity (Wildman–Crippen MR) is 331 cm³/mol. The van der Waals surface area contributed by atoms with Gasteiger partial charge in [-0.05, 0) is 199 Å². The molecule has 0 N–H and O–H groups in total. The van der Waals surface area contributed by atoms with E-state index in [0.717, 1.165) is 73.0 Å². The highest BCUT2D eigenvalue weighted by Crippen LogP contribution is 2.38. The lowest BCUT2D eigenvalue weighted by atomic mass is 9.95. The molecule has 0 saturated heterocycles. The molecule has 0 saturated carbocycles. The largest absolute Gasteiger partial charge is 0.372 e. The molecule has 0 aliphatic carbocycles. The van der Waals surface area contributed by atoms with Gasteiger partial charge in [0.2, 0.25) is 0 Å². The lowest BCUT2D eigenvalue weighted by Gasteiger charge is -2.26. The fourth-order valence-electron chi connectivity index (χ4n) is 10.3. The second kappa shape index (κ2) is 25.6. The number of hydrogen-bond donors (Lipinski definition) is 0. The fraction of sp³-hybridized carbons (Fsp3) is 0.167. The van der Waals surface area contributed by atoms with Crippen molar-refractivity contribution in [1.82, 2.24) is 0 Å². The third-order valence-corrected chi connectivity index (χ3v) is 14.6. The molecule has 0 aromatic heterocycles. The van der Waals surface area contributed by atoms with E-state index in [2.05, 4.69) is 316 Å². The molecule has 9 aromatic rings. The minimum absolute atomic E-state index is 0.979. The zero-order valence-electron chi connectivity index (χ0n) is 45.3. The zero-order chi connectivity index (χ0) is 52.6. The van der Waals surface area contributed by atoms with Crippen LogP contribution < -0.4 is 19.6 Å². The molecule has 0 atom stereocenters. The Balaban J connectivity index is 1.10. The number of anilines is 6. The minimum atomic E-state index is 0.979. The predicted octanol–water partition coefficient (Wildman–Crippen LogP) is 18.5. The van der Waals surface area contributed by atoms with Gasteiger partial charge < -0.3 is 19.6 Å². The van der Waals surface area contributed by atoms with Crippen molar-refractivity contribution < 1.29 is 0 Å². The maximum absolute atomic E-state index is 2.39. The van der Waals surface area contributed by atoms with Crippen LogP contribution in [-0.4, -0.2) is 39.3 Å². The number of nitrogens with zero attached hydrogens (tertiary/aromatic N) is 4. The third kappa shape index (κ3) is 12.5. The maximum Gasteiger partial charge on any atom is 0.0462 e. The summed E-state index contributed by atoms with van der Waals surface area (Å²) in [6, 6.07) is 86.3. The first kappa shape index (κ1) is 52.3. The van der Waals surface area contributed by atoms with E-state index >= 15 is 0 Å². The molecule has 4 nitrogen and oxygen atoms in total. The molecule has 9 rings (SSSR count). The first-order valence-corrected chi connectivity index (χ1v) is 27.4. The summed E-state index contributed by atoms with van der Waals surface area (Å²) in [5.41, 5.74) is 21.0. The van der Waals surface area contributed by atoms with Gasteiger partial charge in [0.15, 0.2) is 0 Å². The third-order valence-electron chi connectivity index (χ3n) is 14.6. The summed E-state index contributed by atoms with van der Waals surface area (Å²) in [6.07, 6.45) is 6.96. The van der Waals surface area contributed by atoms with Crippen LogP contribution in [0.5, 0.6) is 0 Å². The fourth-order valence-corrected chi connectivity index (χ4v) is 10.3. The van der Waals surface area contributed by atoms with Crippen LogP contribution in [0.25, 0.3) is 34.9 Å². The number of rotatable bonds is 21. The van der Waals surface area contributed by atoms with Crippen molar-refractivity contribution in [3.8, 4) is 0 Å². The Labute approximate surface area is 453 Å². The topological polar surface area (TPSA) is 13.0 Å². The molecule has 0 unspecified atom stereocenters. The highest BCUT2D eigenvalue weighted by Gasteiger charge is 2.16. The van der Waals surface area contributed by atoms with E-state index in [1.807, 2.05) is 0 Å². The standard InChI is InChI=1S/C72H72N4/c1-7-73(8-2)64-46-34-61(35-47-64)70(58-22-16-13-17-23-58)52-55-28-40-67(41-29-55)76(68-42-30-56(31-43-68)53-71(59-24-18-14-19-25-59)62-36-48-65(49-37-62)74(9-3)10-4)69-44-32-57(33-45-69)54-72(60-26-20-15-21-27-60)63-38-50-66(51-39-63)75(11-5)12-6/h13-54H,7-12H2,1-6H3. The van der Waals surface area contributed by atoms with Crippen LogP contribution in [0.3, 0.4) is 0 Å². The summed E-state index contributed by atoms with van der Waals surface area (Å²) in [7, 11) is 0. The van der Waals surface area contributed by atoms with Gasteiger partial charge in [-0.25, -0.2) is 0 Å². The first-order chi connectivity index (χ1) is 37.4. The summed E-state index contributed by atoms with van der Waals surface area (Å²) in [4.78, 5) is 9.53. The number of hydrogen-bond acceptors (Lipinski definition) is 4. The van der Waals surface area contributed by atoms with Crippen molar-refractivity contribution in [2.45, 2.75) is 41.5 Å². The summed E-state index contributed by atoms with van der Waals surface area (Å²) < 4.78 is 0. The monoisotopic (exact) mass is 993 g/mol. The molecule has 380 valence electrons. The number of benzene rings is 9. The summed E-state index contributed by atoms with van der Waals surface area (Å²) in [5.74, 6) is 0. The van der Waals surface area contributed by atoms with Gasteiger partial charge in [0, 0.05) is 73.4 Å². The Morgan fingerprint density at radius 1 is 0.237 bits per heavy atom. The van der Waals surface area contributed by atoms with E-state index in [-0.39, 0.29) is 0 Å². The van der Waals surface area contributed by atoms with Gasteiger partial charge in [-0.3, -0.25) is 0 Å². The van der Waals surface area contributed by atoms with Crippen LogP contribution in [0, 0.1) is 0 Å². The van der Waals surface area contributed by atoms with Crippen LogP contribution in [0.2, 0.25) is 0 Å². The SMILES string of the molecule is CCN(CC)c1ccc(C(=Cc2ccc(N(c3ccc(C=C(c4ccccc4)c4ccc(N(CC)CC)cc4)cc3)c3ccc(C=C(c4ccccc4)c4ccc(N(CC)CC)cc4)cc3)cc2)c2ccccc2)cc1. The van der Waals surface area contributed by atoms with Gasteiger partial charge in [0.1, 0.15) is 0 Å². The molecular weight excluding hydrogens is 921 g/mol. The van der Waals surface area contributed by atoms with Crippen molar-refractivity contribution in [1.29, 1.82) is 0 Å². The highest BCUT2D eigenvalue weighted by molar-refractivity contribution is 5.95. The van der Waals surface area contributed by atoms with Gasteiger partial charge in [-0.1, -0.05) is 164 Å². The van der Waals surface area contributed by atoms with Gasteiger partial charge in [-0.15, -0.1) is 0 Å². The Kier molecular flexibility index (Phi) is 17.6. The molecule has 76 heavy (non-hydrogen) atoms. The normalized spacial score (nSPS) is 11.8. The lowest BCUT2D eigenvalue weighted by Crippen LogP contribution is -2.21. The molecule has 0 bridgehead atoms. The maximum atomic E-state index is 2.39. The Morgan fingerprint density at radius 2 is 0.434 bits per heavy atom. The lowest BCUT2D eigenvalue weighted by molar-refractivity contribution is 0.866. The molecular formula is C72H72N4. The van der Waals surface area contributed by atoms with Crippen molar-refractivity contribution in [2.75, 3.05) is 58.9 Å². The van der Waals surface area contributed by atoms with Gasteiger partial charge in [-0.2, -0.15) is 0 Å². The van der Waals surface area contributed by atoms with Crippen LogP contribution in [0.15, 0.2) is 237 Å². The van der Waals surface area contributed by atoms with Crippen molar-refractivity contribution >= 4 is 69.1 Å². The molecule has 0 amide bonds. The van der Waals surface area contributed by atoms with E-state index in [1.54, 1.807) is 0 Å². The van der Waals surface area contributed by atoms with Gasteiger partial charge >= 0.3 is 0 Å². The molecule has 0 radical (unpaired) electrons. The Bertz CT molecular complexity index is 2930. The van der Waals surface area contributed by atoms with E-state index in [9.17, 15) is 0 Å². The molecule has 0 fully saturated rings. The van der Waals surface area contributed by atoms with E-state index < -0.39 is 0 Å². The van der Waals surface area contributed by atoms with Crippen molar-refractivity contribution in [2.24, 2.45) is 0 Å². The summed E-state index contributed by atoms with van der Waals surface area (Å²) in [6.45, 7) is 19.1. The first-order valence-electron chi connectivity index (χ1n) is 27.4. The summed E-state index contributed by atoms with van der Waals surface area (Å²) in [5, 5.41) is 0. The van der Waals surface area contributed by atoms with Crippen LogP contribution in [0.1, 0.15) is 91.6 Å². The van der Waals surface area contributed by atoms with Gasteiger partial charge in [0.05, 0.1) is 0 Å². The molecule has 0 aliphatic heterocycles. The van der Waals surface area contributed by atoms with E-state index in [0.29, 0.717) is 0 Å². The Hall–Kier alpha value is -8.60. The quantitative estimate of drug-likeness (QED) is 0.0665. The second-order valence-corrected chi connectivity index (χ2v) is 19.0. The minimum Gasteiger partial charge on any atom is -0.372 e. The van der Waals surface area contributed by atoms with Crippen LogP contribution in [-0.2, 0) is 0 Å². The average molecular weight is 993 g/mol. The molecule has 4 heteroatoms. The average Bonchev–Trinajstić information content (AvgIpc) is 3.49. The zero-order valence-corrected chi connectivity index (χ0v) is 45.3. The van der Waals surface area contributed by atoms with E-state index in [4.69, 9.17) is 0 Å². The summed E-state index contributed by atoms with van der Waals surface area (Å²) >= 11 is 0. The van der Waals surface area contributed by atoms with E-state index in [1.165, 1.54) is 67.2 Å². The molecule has 0 heterocycles. The van der Waals surface area contributed by atoms with Crippen LogP contribution in [0.4, 0.5) is 34.1 Å².